The molecule has 0 aromatic heterocycles. The number of carbonyl (C=O) groups is 3. The van der Waals surface area contributed by atoms with Crippen molar-refractivity contribution in [2.75, 3.05) is 12.0 Å². The van der Waals surface area contributed by atoms with Crippen molar-refractivity contribution in [3.8, 4) is 5.75 Å². The number of non-ortho nitro benzene ring substituents is 1. The number of Topliss-reactive ketones (excluding diaryl/α,β-unsaturated/α-hetero) is 1. The minimum absolute atomic E-state index is 0.0132. The van der Waals surface area contributed by atoms with E-state index in [1.54, 1.807) is 27.0 Å². The Balaban J connectivity index is 1.69. The van der Waals surface area contributed by atoms with Crippen LogP contribution in [0.15, 0.2) is 48.7 Å². The van der Waals surface area contributed by atoms with Crippen molar-refractivity contribution in [3.05, 3.63) is 69.9 Å². The van der Waals surface area contributed by atoms with E-state index in [-0.39, 0.29) is 22.9 Å². The predicted molar refractivity (Wildman–Crippen MR) is 127 cm³/mol. The Labute approximate surface area is 202 Å². The summed E-state index contributed by atoms with van der Waals surface area (Å²) in [6.45, 7) is 5.38. The third-order valence-corrected chi connectivity index (χ3v) is 7.08. The number of anilines is 1. The molecule has 2 aromatic rings. The lowest BCUT2D eigenvalue weighted by atomic mass is 9.79. The smallest absolute Gasteiger partial charge is 0.271 e. The molecule has 0 radical (unpaired) electrons. The lowest BCUT2D eigenvalue weighted by Crippen LogP contribution is -2.47. The summed E-state index contributed by atoms with van der Waals surface area (Å²) in [6.07, 6.45) is 3.70. The first-order chi connectivity index (χ1) is 16.6. The highest BCUT2D eigenvalue weighted by Gasteiger charge is 2.65. The van der Waals surface area contributed by atoms with Gasteiger partial charge in [-0.3, -0.25) is 24.5 Å². The molecule has 4 atom stereocenters. The lowest BCUT2D eigenvalue weighted by molar-refractivity contribution is -0.384. The van der Waals surface area contributed by atoms with Crippen molar-refractivity contribution in [1.29, 1.82) is 0 Å². The first-order valence-corrected chi connectivity index (χ1v) is 11.4. The van der Waals surface area contributed by atoms with Crippen LogP contribution in [0.25, 0.3) is 6.08 Å². The van der Waals surface area contributed by atoms with E-state index in [9.17, 15) is 24.5 Å². The van der Waals surface area contributed by atoms with Crippen LogP contribution in [0, 0.1) is 27.4 Å². The van der Waals surface area contributed by atoms with Crippen LogP contribution in [0.1, 0.15) is 37.9 Å². The van der Waals surface area contributed by atoms with Crippen molar-refractivity contribution in [2.24, 2.45) is 17.3 Å². The third-order valence-electron chi connectivity index (χ3n) is 7.08. The molecule has 2 fully saturated rings. The fraction of sp³-hybridized carbons (Fsp3) is 0.346. The second kappa shape index (κ2) is 7.76. The summed E-state index contributed by atoms with van der Waals surface area (Å²) in [4.78, 5) is 55.2. The Morgan fingerprint density at radius 2 is 1.74 bits per heavy atom. The minimum Gasteiger partial charge on any atom is -0.495 e. The third kappa shape index (κ3) is 3.25. The van der Waals surface area contributed by atoms with E-state index in [0.717, 1.165) is 16.0 Å². The van der Waals surface area contributed by atoms with Gasteiger partial charge in [-0.15, -0.1) is 0 Å². The molecule has 9 nitrogen and oxygen atoms in total. The maximum absolute atomic E-state index is 13.9. The van der Waals surface area contributed by atoms with E-state index >= 15 is 0 Å². The molecule has 0 saturated carbocycles. The van der Waals surface area contributed by atoms with E-state index in [4.69, 9.17) is 4.74 Å². The number of nitrogens with zero attached hydrogens (tertiary/aromatic N) is 3. The summed E-state index contributed by atoms with van der Waals surface area (Å²) in [7, 11) is 1.37. The molecule has 0 N–H and O–H groups in total. The number of hydrogen-bond donors (Lipinski definition) is 0. The zero-order valence-corrected chi connectivity index (χ0v) is 19.8. The first kappa shape index (κ1) is 22.8. The molecule has 9 heteroatoms. The van der Waals surface area contributed by atoms with Crippen LogP contribution in [0.3, 0.4) is 0 Å². The van der Waals surface area contributed by atoms with Gasteiger partial charge in [-0.25, -0.2) is 4.90 Å². The average Bonchev–Trinajstić information content (AvgIpc) is 3.30. The van der Waals surface area contributed by atoms with Gasteiger partial charge in [0, 0.05) is 23.7 Å². The normalized spacial score (nSPS) is 24.8. The molecule has 2 amide bonds. The zero-order chi connectivity index (χ0) is 25.2. The average molecular weight is 476 g/mol. The van der Waals surface area contributed by atoms with Gasteiger partial charge in [0.2, 0.25) is 11.8 Å². The number of benzene rings is 2. The van der Waals surface area contributed by atoms with Gasteiger partial charge in [0.05, 0.1) is 29.9 Å². The highest BCUT2D eigenvalue weighted by atomic mass is 16.6. The van der Waals surface area contributed by atoms with Gasteiger partial charge in [0.25, 0.3) is 5.69 Å². The molecule has 0 bridgehead atoms. The molecule has 2 saturated heterocycles. The fourth-order valence-corrected chi connectivity index (χ4v) is 5.50. The van der Waals surface area contributed by atoms with E-state index < -0.39 is 46.1 Å². The lowest BCUT2D eigenvalue weighted by Gasteiger charge is -2.37. The number of fused-ring (bicyclic) bond motifs is 5. The van der Waals surface area contributed by atoms with E-state index in [1.807, 2.05) is 35.2 Å². The van der Waals surface area contributed by atoms with Gasteiger partial charge in [0.15, 0.2) is 5.78 Å². The molecule has 3 aliphatic heterocycles. The fourth-order valence-electron chi connectivity index (χ4n) is 5.50. The second-order valence-corrected chi connectivity index (χ2v) is 10.1. The maximum atomic E-state index is 13.9. The largest absolute Gasteiger partial charge is 0.495 e. The topological polar surface area (TPSA) is 110 Å². The highest BCUT2D eigenvalue weighted by Crippen LogP contribution is 2.55. The van der Waals surface area contributed by atoms with Crippen molar-refractivity contribution in [2.45, 2.75) is 32.9 Å². The quantitative estimate of drug-likeness (QED) is 0.376. The van der Waals surface area contributed by atoms with Gasteiger partial charge < -0.3 is 9.64 Å². The molecule has 2 aromatic carbocycles. The molecule has 0 spiro atoms. The number of ether oxygens (including phenoxy) is 1. The summed E-state index contributed by atoms with van der Waals surface area (Å²) in [6, 6.07) is 10.0. The Bertz CT molecular complexity index is 1310. The number of hydrogen-bond acceptors (Lipinski definition) is 7. The Morgan fingerprint density at radius 1 is 1.06 bits per heavy atom. The SMILES string of the molecule is COc1ccc([N+](=O)[O-])cc1N1C(=O)[C@@H]2[C@H](C1=O)[C@H]1c3ccccc3C=CN1[C@H]2C(=O)C(C)(C)C. The molecular formula is C26H25N3O6. The van der Waals surface area contributed by atoms with Gasteiger partial charge >= 0.3 is 0 Å². The number of nitro benzene ring substituents is 1. The maximum Gasteiger partial charge on any atom is 0.271 e. The summed E-state index contributed by atoms with van der Waals surface area (Å²) < 4.78 is 5.35. The second-order valence-electron chi connectivity index (χ2n) is 10.1. The molecule has 35 heavy (non-hydrogen) atoms. The van der Waals surface area contributed by atoms with E-state index in [2.05, 4.69) is 0 Å². The van der Waals surface area contributed by atoms with Crippen LogP contribution in [0.2, 0.25) is 0 Å². The number of rotatable bonds is 4. The Hall–Kier alpha value is -4.01. The summed E-state index contributed by atoms with van der Waals surface area (Å²) in [5.74, 6) is -2.79. The number of ketones is 1. The summed E-state index contributed by atoms with van der Waals surface area (Å²) in [5.41, 5.74) is 0.772. The van der Waals surface area contributed by atoms with Crippen molar-refractivity contribution < 1.29 is 24.0 Å². The molecule has 0 unspecified atom stereocenters. The molecule has 180 valence electrons. The Morgan fingerprint density at radius 3 is 2.40 bits per heavy atom. The number of carbonyl (C=O) groups excluding carboxylic acids is 3. The van der Waals surface area contributed by atoms with Crippen LogP contribution in [0.4, 0.5) is 11.4 Å². The highest BCUT2D eigenvalue weighted by molar-refractivity contribution is 6.25. The van der Waals surface area contributed by atoms with Gasteiger partial charge in [-0.1, -0.05) is 45.0 Å². The molecule has 5 rings (SSSR count). The summed E-state index contributed by atoms with van der Waals surface area (Å²) in [5, 5.41) is 11.4. The standard InChI is InChI=1S/C26H25N3O6/c1-26(2,3)23(30)22-20-19(21-16-8-6-5-7-14(16)11-12-27(21)22)24(31)28(25(20)32)17-13-15(29(33)34)9-10-18(17)35-4/h5-13,19-22H,1-4H3/t19-,20+,21+,22+/m0/s1. The van der Waals surface area contributed by atoms with E-state index in [0.29, 0.717) is 0 Å². The van der Waals surface area contributed by atoms with Crippen molar-refractivity contribution in [1.82, 2.24) is 4.90 Å². The number of amides is 2. The van der Waals surface area contributed by atoms with Crippen LogP contribution < -0.4 is 9.64 Å². The van der Waals surface area contributed by atoms with Crippen molar-refractivity contribution in [3.63, 3.8) is 0 Å². The van der Waals surface area contributed by atoms with Crippen molar-refractivity contribution >= 4 is 35.0 Å². The monoisotopic (exact) mass is 475 g/mol. The molecule has 0 aliphatic carbocycles. The van der Waals surface area contributed by atoms with Crippen LogP contribution in [0.5, 0.6) is 5.75 Å². The molecular weight excluding hydrogens is 450 g/mol. The van der Waals surface area contributed by atoms with Crippen LogP contribution in [-0.4, -0.2) is 40.6 Å². The first-order valence-electron chi connectivity index (χ1n) is 11.4. The predicted octanol–water partition coefficient (Wildman–Crippen LogP) is 3.73. The minimum atomic E-state index is -0.931. The number of nitro groups is 1. The Kier molecular flexibility index (Phi) is 5.05. The zero-order valence-electron chi connectivity index (χ0n) is 19.8. The van der Waals surface area contributed by atoms with Gasteiger partial charge in [-0.05, 0) is 23.3 Å². The molecule has 3 heterocycles. The van der Waals surface area contributed by atoms with Gasteiger partial charge in [-0.2, -0.15) is 0 Å². The number of imide groups is 1. The number of methoxy groups -OCH3 is 1. The molecule has 3 aliphatic rings. The van der Waals surface area contributed by atoms with E-state index in [1.165, 1.54) is 25.3 Å². The summed E-state index contributed by atoms with van der Waals surface area (Å²) >= 11 is 0. The van der Waals surface area contributed by atoms with Crippen LogP contribution in [-0.2, 0) is 14.4 Å². The van der Waals surface area contributed by atoms with Gasteiger partial charge in [0.1, 0.15) is 17.5 Å². The van der Waals surface area contributed by atoms with Crippen LogP contribution >= 0.6 is 0 Å².